The summed E-state index contributed by atoms with van der Waals surface area (Å²) in [7, 11) is 0. The summed E-state index contributed by atoms with van der Waals surface area (Å²) < 4.78 is 0. The Morgan fingerprint density at radius 3 is 2.09 bits per heavy atom. The fourth-order valence-corrected chi connectivity index (χ4v) is 2.95. The molecule has 0 aliphatic heterocycles. The summed E-state index contributed by atoms with van der Waals surface area (Å²) in [6.45, 7) is 4.52. The van der Waals surface area contributed by atoms with E-state index < -0.39 is 65.8 Å². The van der Waals surface area contributed by atoms with Gasteiger partial charge in [0.1, 0.15) is 18.1 Å². The number of rotatable bonds is 14. The van der Waals surface area contributed by atoms with Crippen LogP contribution in [0.2, 0.25) is 0 Å². The van der Waals surface area contributed by atoms with Gasteiger partial charge in [-0.05, 0) is 19.3 Å². The minimum atomic E-state index is -1.46. The zero-order chi connectivity index (χ0) is 26.0. The minimum absolute atomic E-state index is 0.0563. The van der Waals surface area contributed by atoms with E-state index >= 15 is 0 Å². The van der Waals surface area contributed by atoms with Crippen LogP contribution in [-0.4, -0.2) is 80.1 Å². The number of carbonyl (C=O) groups excluding carboxylic acids is 4. The molecule has 14 nitrogen and oxygen atoms in total. The monoisotopic (exact) mass is 483 g/mol. The number of aromatic nitrogens is 2. The fraction of sp³-hybridized carbons (Fsp3) is 0.600. The highest BCUT2D eigenvalue weighted by molar-refractivity contribution is 5.94. The molecule has 0 radical (unpaired) electrons. The molecule has 190 valence electrons. The molecule has 5 unspecified atom stereocenters. The zero-order valence-electron chi connectivity index (χ0n) is 19.3. The van der Waals surface area contributed by atoms with Crippen LogP contribution >= 0.6 is 0 Å². The molecule has 5 atom stereocenters. The van der Waals surface area contributed by atoms with Crippen molar-refractivity contribution < 1.29 is 34.2 Å². The number of aliphatic carboxylic acids is 1. The lowest BCUT2D eigenvalue weighted by Gasteiger charge is -2.28. The van der Waals surface area contributed by atoms with E-state index in [2.05, 4.69) is 25.9 Å². The van der Waals surface area contributed by atoms with Gasteiger partial charge in [0.05, 0.1) is 18.5 Å². The van der Waals surface area contributed by atoms with E-state index in [-0.39, 0.29) is 19.3 Å². The molecule has 1 heterocycles. The van der Waals surface area contributed by atoms with Crippen molar-refractivity contribution in [2.45, 2.75) is 70.3 Å². The number of aromatic amines is 1. The van der Waals surface area contributed by atoms with Crippen molar-refractivity contribution in [3.8, 4) is 0 Å². The lowest BCUT2D eigenvalue weighted by molar-refractivity contribution is -0.142. The Hall–Kier alpha value is -3.52. The van der Waals surface area contributed by atoms with Crippen LogP contribution in [0.25, 0.3) is 0 Å². The summed E-state index contributed by atoms with van der Waals surface area (Å²) in [6, 6.07) is -5.06. The molecule has 10 N–H and O–H groups in total. The number of aliphatic hydroxyl groups is 1. The molecule has 0 bridgehead atoms. The molecule has 34 heavy (non-hydrogen) atoms. The number of aliphatic hydroxyl groups excluding tert-OH is 1. The van der Waals surface area contributed by atoms with Crippen LogP contribution in [0, 0.1) is 5.92 Å². The van der Waals surface area contributed by atoms with Gasteiger partial charge in [0.25, 0.3) is 0 Å². The van der Waals surface area contributed by atoms with E-state index in [9.17, 15) is 34.2 Å². The number of primary amides is 1. The van der Waals surface area contributed by atoms with E-state index in [4.69, 9.17) is 11.5 Å². The number of hydrogen-bond donors (Lipinski definition) is 8. The number of amides is 4. The van der Waals surface area contributed by atoms with Crippen molar-refractivity contribution in [3.05, 3.63) is 18.2 Å². The number of carbonyl (C=O) groups is 5. The summed E-state index contributed by atoms with van der Waals surface area (Å²) in [6.07, 6.45) is 1.19. The molecule has 0 aliphatic rings. The first kappa shape index (κ1) is 28.5. The number of nitrogens with zero attached hydrogens (tertiary/aromatic N) is 1. The predicted molar refractivity (Wildman–Crippen MR) is 119 cm³/mol. The summed E-state index contributed by atoms with van der Waals surface area (Å²) in [5.74, 6) is -4.82. The molecule has 0 aromatic carbocycles. The Balaban J connectivity index is 2.88. The molecule has 0 saturated heterocycles. The SMILES string of the molecule is CC(C)C(NC(=O)C(NC(=O)C(N)CCC(N)=O)C(C)O)C(=O)NC(Cc1cnc[nH]1)C(=O)O. The van der Waals surface area contributed by atoms with Gasteiger partial charge in [0, 0.05) is 24.7 Å². The third-order valence-corrected chi connectivity index (χ3v) is 4.94. The van der Waals surface area contributed by atoms with E-state index in [1.165, 1.54) is 19.4 Å². The van der Waals surface area contributed by atoms with Gasteiger partial charge in [0.15, 0.2) is 0 Å². The lowest BCUT2D eigenvalue weighted by atomic mass is 10.0. The Morgan fingerprint density at radius 1 is 1.03 bits per heavy atom. The Morgan fingerprint density at radius 2 is 1.62 bits per heavy atom. The van der Waals surface area contributed by atoms with Gasteiger partial charge in [0.2, 0.25) is 23.6 Å². The predicted octanol–water partition coefficient (Wildman–Crippen LogP) is -2.88. The number of hydrogen-bond acceptors (Lipinski definition) is 8. The maximum atomic E-state index is 12.8. The molecule has 0 saturated carbocycles. The number of nitrogens with two attached hydrogens (primary N) is 2. The average Bonchev–Trinajstić information content (AvgIpc) is 3.25. The quantitative estimate of drug-likeness (QED) is 0.135. The van der Waals surface area contributed by atoms with Crippen molar-refractivity contribution in [1.82, 2.24) is 25.9 Å². The van der Waals surface area contributed by atoms with Gasteiger partial charge in [-0.25, -0.2) is 9.78 Å². The highest BCUT2D eigenvalue weighted by Crippen LogP contribution is 2.07. The van der Waals surface area contributed by atoms with Gasteiger partial charge < -0.3 is 42.6 Å². The molecule has 1 aromatic heterocycles. The lowest BCUT2D eigenvalue weighted by Crippen LogP contribution is -2.60. The van der Waals surface area contributed by atoms with Crippen molar-refractivity contribution in [2.75, 3.05) is 0 Å². The van der Waals surface area contributed by atoms with E-state index in [0.717, 1.165) is 0 Å². The first-order valence-electron chi connectivity index (χ1n) is 10.7. The second-order valence-corrected chi connectivity index (χ2v) is 8.25. The van der Waals surface area contributed by atoms with Crippen LogP contribution in [0.4, 0.5) is 0 Å². The van der Waals surface area contributed by atoms with Gasteiger partial charge in [-0.2, -0.15) is 0 Å². The van der Waals surface area contributed by atoms with E-state index in [1.807, 2.05) is 0 Å². The topological polar surface area (TPSA) is 243 Å². The largest absolute Gasteiger partial charge is 0.480 e. The molecule has 14 heteroatoms. The van der Waals surface area contributed by atoms with Crippen LogP contribution in [0.5, 0.6) is 0 Å². The molecule has 1 rings (SSSR count). The summed E-state index contributed by atoms with van der Waals surface area (Å²) in [4.78, 5) is 66.9. The van der Waals surface area contributed by atoms with Crippen LogP contribution < -0.4 is 27.4 Å². The van der Waals surface area contributed by atoms with Gasteiger partial charge >= 0.3 is 5.97 Å². The van der Waals surface area contributed by atoms with Gasteiger partial charge in [-0.3, -0.25) is 19.2 Å². The van der Waals surface area contributed by atoms with Crippen LogP contribution in [-0.2, 0) is 30.4 Å². The maximum Gasteiger partial charge on any atom is 0.326 e. The standard InChI is InChI=1S/C20H33N7O7/c1-9(2)15(18(31)25-13(20(33)34)6-11-7-23-8-24-11)26-19(32)16(10(3)28)27-17(30)12(21)4-5-14(22)29/h7-10,12-13,15-16,28H,4-6,21H2,1-3H3,(H2,22,29)(H,23,24)(H,25,31)(H,26,32)(H,27,30)(H,33,34). The third kappa shape index (κ3) is 9.15. The van der Waals surface area contributed by atoms with Crippen LogP contribution in [0.3, 0.4) is 0 Å². The maximum absolute atomic E-state index is 12.8. The second-order valence-electron chi connectivity index (χ2n) is 8.25. The fourth-order valence-electron chi connectivity index (χ4n) is 2.95. The highest BCUT2D eigenvalue weighted by Gasteiger charge is 2.33. The average molecular weight is 484 g/mol. The molecule has 0 aliphatic carbocycles. The van der Waals surface area contributed by atoms with Gasteiger partial charge in [-0.1, -0.05) is 13.8 Å². The summed E-state index contributed by atoms with van der Waals surface area (Å²) in [5, 5.41) is 26.6. The first-order chi connectivity index (χ1) is 15.8. The Kier molecular flexibility index (Phi) is 11.1. The van der Waals surface area contributed by atoms with Crippen molar-refractivity contribution in [3.63, 3.8) is 0 Å². The molecule has 1 aromatic rings. The van der Waals surface area contributed by atoms with Crippen LogP contribution in [0.15, 0.2) is 12.5 Å². The van der Waals surface area contributed by atoms with Crippen LogP contribution in [0.1, 0.15) is 39.3 Å². The normalized spacial score (nSPS) is 15.5. The smallest absolute Gasteiger partial charge is 0.326 e. The van der Waals surface area contributed by atoms with Crippen molar-refractivity contribution in [1.29, 1.82) is 0 Å². The van der Waals surface area contributed by atoms with E-state index in [0.29, 0.717) is 5.69 Å². The van der Waals surface area contributed by atoms with E-state index in [1.54, 1.807) is 13.8 Å². The third-order valence-electron chi connectivity index (χ3n) is 4.94. The number of imidazole rings is 1. The molecule has 4 amide bonds. The van der Waals surface area contributed by atoms with Gasteiger partial charge in [-0.15, -0.1) is 0 Å². The number of nitrogens with one attached hydrogen (secondary N) is 4. The van der Waals surface area contributed by atoms with Crippen molar-refractivity contribution >= 4 is 29.6 Å². The minimum Gasteiger partial charge on any atom is -0.480 e. The summed E-state index contributed by atoms with van der Waals surface area (Å²) in [5.41, 5.74) is 11.2. The zero-order valence-corrected chi connectivity index (χ0v) is 19.3. The van der Waals surface area contributed by atoms with Crippen molar-refractivity contribution in [2.24, 2.45) is 17.4 Å². The molecule has 0 spiro atoms. The number of H-pyrrole nitrogens is 1. The summed E-state index contributed by atoms with van der Waals surface area (Å²) >= 11 is 0. The number of carboxylic acid groups (broad SMARTS) is 1. The molecular formula is C20H33N7O7. The number of carboxylic acids is 1. The molecular weight excluding hydrogens is 450 g/mol. The Bertz CT molecular complexity index is 857. The molecule has 0 fully saturated rings. The second kappa shape index (κ2) is 13.3. The highest BCUT2D eigenvalue weighted by atomic mass is 16.4. The Labute approximate surface area is 196 Å². The first-order valence-corrected chi connectivity index (χ1v) is 10.7.